The fourth-order valence-electron chi connectivity index (χ4n) is 1.78. The zero-order valence-electron chi connectivity index (χ0n) is 10.6. The third-order valence-electron chi connectivity index (χ3n) is 2.70. The summed E-state index contributed by atoms with van der Waals surface area (Å²) in [5.41, 5.74) is 5.81. The maximum Gasteiger partial charge on any atom is 0.244 e. The van der Waals surface area contributed by atoms with Gasteiger partial charge in [-0.25, -0.2) is 18.1 Å². The van der Waals surface area contributed by atoms with Crippen molar-refractivity contribution in [2.45, 2.75) is 17.7 Å². The highest BCUT2D eigenvalue weighted by Crippen LogP contribution is 2.26. The lowest BCUT2D eigenvalue weighted by molar-refractivity contribution is 0.579. The first-order chi connectivity index (χ1) is 9.50. The maximum atomic E-state index is 12.1. The van der Waals surface area contributed by atoms with Crippen molar-refractivity contribution >= 4 is 27.3 Å². The number of benzene rings is 1. The van der Waals surface area contributed by atoms with Crippen LogP contribution in [0.15, 0.2) is 35.5 Å². The maximum absolute atomic E-state index is 12.1. The fourth-order valence-corrected chi connectivity index (χ4v) is 3.53. The quantitative estimate of drug-likeness (QED) is 0.556. The summed E-state index contributed by atoms with van der Waals surface area (Å²) >= 11 is 5.89. The van der Waals surface area contributed by atoms with Gasteiger partial charge >= 0.3 is 0 Å². The number of hydrogen-bond donors (Lipinski definition) is 3. The Labute approximate surface area is 122 Å². The lowest BCUT2D eigenvalue weighted by Gasteiger charge is -2.10. The molecule has 1 heterocycles. The Hall–Kier alpha value is -1.57. The highest BCUT2D eigenvalue weighted by atomic mass is 35.5. The molecule has 8 heteroatoms. The van der Waals surface area contributed by atoms with Crippen molar-refractivity contribution in [2.75, 3.05) is 12.3 Å². The first kappa shape index (κ1) is 14.8. The number of aromatic nitrogens is 2. The van der Waals surface area contributed by atoms with Crippen molar-refractivity contribution in [1.29, 1.82) is 0 Å². The second-order valence-corrected chi connectivity index (χ2v) is 6.31. The van der Waals surface area contributed by atoms with Gasteiger partial charge in [0.1, 0.15) is 10.7 Å². The summed E-state index contributed by atoms with van der Waals surface area (Å²) in [7, 11) is -3.70. The van der Waals surface area contributed by atoms with Gasteiger partial charge in [0.2, 0.25) is 10.0 Å². The van der Waals surface area contributed by atoms with Gasteiger partial charge in [-0.3, -0.25) is 0 Å². The van der Waals surface area contributed by atoms with Gasteiger partial charge in [-0.1, -0.05) is 17.7 Å². The Morgan fingerprint density at radius 2 is 2.20 bits per heavy atom. The molecule has 1 aromatic heterocycles. The predicted molar refractivity (Wildman–Crippen MR) is 78.0 cm³/mol. The molecule has 0 spiro atoms. The number of aromatic amines is 1. The Kier molecular flexibility index (Phi) is 4.64. The molecule has 20 heavy (non-hydrogen) atoms. The molecule has 0 bridgehead atoms. The molecule has 4 N–H and O–H groups in total. The second kappa shape index (κ2) is 6.25. The molecule has 0 saturated heterocycles. The SMILES string of the molecule is Nc1cccc(Cl)c1S(=O)(=O)NCCCc1ncc[nH]1. The average Bonchev–Trinajstić information content (AvgIpc) is 2.87. The van der Waals surface area contributed by atoms with Gasteiger partial charge in [-0.15, -0.1) is 0 Å². The van der Waals surface area contributed by atoms with E-state index in [2.05, 4.69) is 14.7 Å². The first-order valence-electron chi connectivity index (χ1n) is 6.02. The van der Waals surface area contributed by atoms with Crippen LogP contribution in [-0.2, 0) is 16.4 Å². The van der Waals surface area contributed by atoms with Gasteiger partial charge in [0.25, 0.3) is 0 Å². The van der Waals surface area contributed by atoms with E-state index >= 15 is 0 Å². The van der Waals surface area contributed by atoms with E-state index in [1.54, 1.807) is 18.5 Å². The number of sulfonamides is 1. The number of anilines is 1. The number of nitrogens with one attached hydrogen (secondary N) is 2. The average molecular weight is 315 g/mol. The van der Waals surface area contributed by atoms with Crippen molar-refractivity contribution < 1.29 is 8.42 Å². The van der Waals surface area contributed by atoms with Crippen LogP contribution in [0.3, 0.4) is 0 Å². The number of H-pyrrole nitrogens is 1. The largest absolute Gasteiger partial charge is 0.398 e. The van der Waals surface area contributed by atoms with E-state index in [1.807, 2.05) is 0 Å². The second-order valence-electron chi connectivity index (χ2n) is 4.20. The zero-order chi connectivity index (χ0) is 14.6. The standard InChI is InChI=1S/C12H15ClN4O2S/c13-9-3-1-4-10(14)12(9)20(18,19)17-6-2-5-11-15-7-8-16-11/h1,3-4,7-8,17H,2,5-6,14H2,(H,15,16). The Morgan fingerprint density at radius 3 is 2.85 bits per heavy atom. The monoisotopic (exact) mass is 314 g/mol. The molecule has 0 unspecified atom stereocenters. The number of imidazole rings is 1. The summed E-state index contributed by atoms with van der Waals surface area (Å²) in [6.07, 6.45) is 4.67. The molecule has 0 aliphatic carbocycles. The Morgan fingerprint density at radius 1 is 1.40 bits per heavy atom. The number of nitrogens with zero attached hydrogens (tertiary/aromatic N) is 1. The number of hydrogen-bond acceptors (Lipinski definition) is 4. The van der Waals surface area contributed by atoms with Crippen LogP contribution in [0, 0.1) is 0 Å². The Balaban J connectivity index is 1.97. The van der Waals surface area contributed by atoms with Crippen LogP contribution in [0.4, 0.5) is 5.69 Å². The predicted octanol–water partition coefficient (Wildman–Crippen LogP) is 1.56. The topological polar surface area (TPSA) is 101 Å². The minimum absolute atomic E-state index is 0.0698. The van der Waals surface area contributed by atoms with Gasteiger partial charge in [0.05, 0.1) is 10.7 Å². The van der Waals surface area contributed by atoms with Gasteiger partial charge in [0.15, 0.2) is 0 Å². The summed E-state index contributed by atoms with van der Waals surface area (Å²) in [5, 5.41) is 0.114. The summed E-state index contributed by atoms with van der Waals surface area (Å²) in [6.45, 7) is 0.285. The number of rotatable bonds is 6. The minimum Gasteiger partial charge on any atom is -0.398 e. The van der Waals surface area contributed by atoms with E-state index in [0.717, 1.165) is 5.82 Å². The third kappa shape index (κ3) is 3.50. The van der Waals surface area contributed by atoms with Gasteiger partial charge < -0.3 is 10.7 Å². The third-order valence-corrected chi connectivity index (χ3v) is 4.71. The first-order valence-corrected chi connectivity index (χ1v) is 7.89. The van der Waals surface area contributed by atoms with E-state index < -0.39 is 10.0 Å². The van der Waals surface area contributed by atoms with E-state index in [0.29, 0.717) is 12.8 Å². The fraction of sp³-hybridized carbons (Fsp3) is 0.250. The summed E-state index contributed by atoms with van der Waals surface area (Å²) < 4.78 is 26.8. The number of aryl methyl sites for hydroxylation is 1. The van der Waals surface area contributed by atoms with E-state index in [1.165, 1.54) is 12.1 Å². The molecule has 2 aromatic rings. The molecule has 0 saturated carbocycles. The Bertz CT molecular complexity index is 651. The number of nitrogen functional groups attached to an aromatic ring is 1. The van der Waals surface area contributed by atoms with Crippen LogP contribution in [0.5, 0.6) is 0 Å². The number of halogens is 1. The molecule has 0 atom stereocenters. The van der Waals surface area contributed by atoms with E-state index in [4.69, 9.17) is 17.3 Å². The van der Waals surface area contributed by atoms with Gasteiger partial charge in [-0.2, -0.15) is 0 Å². The minimum atomic E-state index is -3.70. The lowest BCUT2D eigenvalue weighted by atomic mass is 10.3. The molecule has 0 aliphatic heterocycles. The van der Waals surface area contributed by atoms with Crippen molar-refractivity contribution in [1.82, 2.24) is 14.7 Å². The molecule has 108 valence electrons. The van der Waals surface area contributed by atoms with Gasteiger partial charge in [0, 0.05) is 25.4 Å². The highest BCUT2D eigenvalue weighted by Gasteiger charge is 2.20. The van der Waals surface area contributed by atoms with Crippen LogP contribution in [-0.4, -0.2) is 24.9 Å². The summed E-state index contributed by atoms with van der Waals surface area (Å²) in [6, 6.07) is 4.60. The molecule has 0 radical (unpaired) electrons. The van der Waals surface area contributed by atoms with Crippen molar-refractivity contribution in [3.63, 3.8) is 0 Å². The van der Waals surface area contributed by atoms with Crippen LogP contribution in [0.25, 0.3) is 0 Å². The zero-order valence-corrected chi connectivity index (χ0v) is 12.2. The molecule has 2 rings (SSSR count). The van der Waals surface area contributed by atoms with Crippen LogP contribution >= 0.6 is 11.6 Å². The molecule has 0 fully saturated rings. The van der Waals surface area contributed by atoms with Crippen molar-refractivity contribution in [3.8, 4) is 0 Å². The number of nitrogens with two attached hydrogens (primary N) is 1. The van der Waals surface area contributed by atoms with E-state index in [9.17, 15) is 8.42 Å². The molecular weight excluding hydrogens is 300 g/mol. The molecule has 0 amide bonds. The van der Waals surface area contributed by atoms with Crippen LogP contribution < -0.4 is 10.5 Å². The molecule has 1 aromatic carbocycles. The van der Waals surface area contributed by atoms with E-state index in [-0.39, 0.29) is 22.2 Å². The lowest BCUT2D eigenvalue weighted by Crippen LogP contribution is -2.26. The van der Waals surface area contributed by atoms with Crippen molar-refractivity contribution in [2.24, 2.45) is 0 Å². The summed E-state index contributed by atoms with van der Waals surface area (Å²) in [4.78, 5) is 6.95. The molecule has 6 nitrogen and oxygen atoms in total. The highest BCUT2D eigenvalue weighted by molar-refractivity contribution is 7.89. The smallest absolute Gasteiger partial charge is 0.244 e. The molecular formula is C12H15ClN4O2S. The van der Waals surface area contributed by atoms with Crippen LogP contribution in [0.1, 0.15) is 12.2 Å². The van der Waals surface area contributed by atoms with Gasteiger partial charge in [-0.05, 0) is 18.6 Å². The summed E-state index contributed by atoms with van der Waals surface area (Å²) in [5.74, 6) is 0.821. The normalized spacial score (nSPS) is 11.7. The molecule has 0 aliphatic rings. The van der Waals surface area contributed by atoms with Crippen LogP contribution in [0.2, 0.25) is 5.02 Å². The van der Waals surface area contributed by atoms with Crippen molar-refractivity contribution in [3.05, 3.63) is 41.4 Å².